The zero-order chi connectivity index (χ0) is 22.8. The van der Waals surface area contributed by atoms with Crippen LogP contribution in [0.4, 0.5) is 5.69 Å². The highest BCUT2D eigenvalue weighted by Crippen LogP contribution is 2.37. The molecule has 2 aromatic rings. The van der Waals surface area contributed by atoms with Gasteiger partial charge in [-0.2, -0.15) is 0 Å². The summed E-state index contributed by atoms with van der Waals surface area (Å²) in [5.41, 5.74) is 6.01. The highest BCUT2D eigenvalue weighted by molar-refractivity contribution is 5.94. The number of rotatable bonds is 4. The number of piperazine rings is 1. The van der Waals surface area contributed by atoms with Crippen LogP contribution in [0.3, 0.4) is 0 Å². The summed E-state index contributed by atoms with van der Waals surface area (Å²) >= 11 is 0. The molecule has 5 nitrogen and oxygen atoms in total. The van der Waals surface area contributed by atoms with E-state index in [0.717, 1.165) is 50.5 Å². The molecular weight excluding hydrogens is 410 g/mol. The second kappa shape index (κ2) is 9.76. The van der Waals surface area contributed by atoms with Gasteiger partial charge in [0.1, 0.15) is 5.75 Å². The Kier molecular flexibility index (Phi) is 6.59. The molecule has 0 radical (unpaired) electrons. The fourth-order valence-electron chi connectivity index (χ4n) is 5.85. The third-order valence-corrected chi connectivity index (χ3v) is 7.93. The highest BCUT2D eigenvalue weighted by Gasteiger charge is 2.28. The number of methoxy groups -OCH3 is 1. The normalized spacial score (nSPS) is 19.9. The monoisotopic (exact) mass is 447 g/mol. The fourth-order valence-corrected chi connectivity index (χ4v) is 5.85. The third-order valence-electron chi connectivity index (χ3n) is 7.93. The van der Waals surface area contributed by atoms with Crippen molar-refractivity contribution < 1.29 is 9.53 Å². The Bertz CT molecular complexity index is 973. The number of likely N-dealkylation sites (N-methyl/N-ethyl adjacent to an activating group) is 1. The molecule has 3 aliphatic rings. The molecule has 1 saturated carbocycles. The Hall–Kier alpha value is -2.53. The molecule has 176 valence electrons. The van der Waals surface area contributed by atoms with Crippen LogP contribution in [0.2, 0.25) is 0 Å². The number of anilines is 1. The maximum Gasteiger partial charge on any atom is 0.254 e. The van der Waals surface area contributed by atoms with Crippen molar-refractivity contribution in [2.45, 2.75) is 51.0 Å². The van der Waals surface area contributed by atoms with Crippen LogP contribution >= 0.6 is 0 Å². The Morgan fingerprint density at radius 1 is 0.879 bits per heavy atom. The van der Waals surface area contributed by atoms with Crippen LogP contribution in [0.15, 0.2) is 36.4 Å². The summed E-state index contributed by atoms with van der Waals surface area (Å²) in [4.78, 5) is 20.3. The molecule has 2 aliphatic heterocycles. The summed E-state index contributed by atoms with van der Waals surface area (Å²) in [6.45, 7) is 5.56. The topological polar surface area (TPSA) is 36.0 Å². The molecular formula is C28H37N3O2. The van der Waals surface area contributed by atoms with Gasteiger partial charge in [0.25, 0.3) is 5.91 Å². The molecule has 0 spiro atoms. The second-order valence-corrected chi connectivity index (χ2v) is 9.97. The van der Waals surface area contributed by atoms with Crippen molar-refractivity contribution in [3.05, 3.63) is 58.7 Å². The first-order chi connectivity index (χ1) is 16.1. The fraction of sp³-hybridized carbons (Fsp3) is 0.536. The summed E-state index contributed by atoms with van der Waals surface area (Å²) in [7, 11) is 3.93. The molecule has 0 bridgehead atoms. The van der Waals surface area contributed by atoms with E-state index in [9.17, 15) is 4.79 Å². The molecule has 5 rings (SSSR count). The number of carbonyl (C=O) groups excluding carboxylic acids is 1. The lowest BCUT2D eigenvalue weighted by atomic mass is 9.84. The number of carbonyl (C=O) groups is 1. The van der Waals surface area contributed by atoms with Gasteiger partial charge in [0.2, 0.25) is 0 Å². The van der Waals surface area contributed by atoms with Gasteiger partial charge in [-0.25, -0.2) is 0 Å². The maximum atomic E-state index is 13.5. The lowest BCUT2D eigenvalue weighted by Gasteiger charge is -2.38. The van der Waals surface area contributed by atoms with Crippen LogP contribution in [0.5, 0.6) is 5.75 Å². The summed E-state index contributed by atoms with van der Waals surface area (Å²) in [6.07, 6.45) is 7.44. The van der Waals surface area contributed by atoms with E-state index in [1.807, 2.05) is 4.90 Å². The largest absolute Gasteiger partial charge is 0.496 e. The Balaban J connectivity index is 1.36. The van der Waals surface area contributed by atoms with Gasteiger partial charge in [-0.05, 0) is 62.1 Å². The minimum absolute atomic E-state index is 0.142. The number of amides is 1. The Morgan fingerprint density at radius 3 is 2.30 bits per heavy atom. The summed E-state index contributed by atoms with van der Waals surface area (Å²) in [6, 6.07) is 12.8. The zero-order valence-electron chi connectivity index (χ0n) is 20.2. The Labute approximate surface area is 198 Å². The number of hydrogen-bond donors (Lipinski definition) is 0. The minimum Gasteiger partial charge on any atom is -0.496 e. The van der Waals surface area contributed by atoms with Crippen molar-refractivity contribution in [2.24, 2.45) is 0 Å². The maximum absolute atomic E-state index is 13.5. The van der Waals surface area contributed by atoms with Crippen LogP contribution in [-0.2, 0) is 13.0 Å². The van der Waals surface area contributed by atoms with Crippen molar-refractivity contribution in [3.8, 4) is 5.75 Å². The Morgan fingerprint density at radius 2 is 1.61 bits per heavy atom. The van der Waals surface area contributed by atoms with Crippen LogP contribution in [-0.4, -0.2) is 62.6 Å². The number of fused-ring (bicyclic) bond motifs is 1. The molecule has 33 heavy (non-hydrogen) atoms. The van der Waals surface area contributed by atoms with Gasteiger partial charge < -0.3 is 19.4 Å². The van der Waals surface area contributed by atoms with E-state index in [4.69, 9.17) is 4.74 Å². The smallest absolute Gasteiger partial charge is 0.254 e. The van der Waals surface area contributed by atoms with E-state index in [2.05, 4.69) is 53.2 Å². The lowest BCUT2D eigenvalue weighted by Crippen LogP contribution is -2.45. The first-order valence-electron chi connectivity index (χ1n) is 12.7. The number of hydrogen-bond acceptors (Lipinski definition) is 4. The van der Waals surface area contributed by atoms with Crippen molar-refractivity contribution in [1.82, 2.24) is 9.80 Å². The van der Waals surface area contributed by atoms with E-state index in [1.54, 1.807) is 7.11 Å². The van der Waals surface area contributed by atoms with Crippen molar-refractivity contribution >= 4 is 11.6 Å². The molecule has 1 saturated heterocycles. The molecule has 2 heterocycles. The van der Waals surface area contributed by atoms with E-state index >= 15 is 0 Å². The van der Waals surface area contributed by atoms with Gasteiger partial charge in [0.15, 0.2) is 0 Å². The number of ether oxygens (including phenoxy) is 1. The average Bonchev–Trinajstić information content (AvgIpc) is 2.88. The highest BCUT2D eigenvalue weighted by atomic mass is 16.5. The van der Waals surface area contributed by atoms with Crippen molar-refractivity contribution in [3.63, 3.8) is 0 Å². The first-order valence-corrected chi connectivity index (χ1v) is 12.7. The van der Waals surface area contributed by atoms with Gasteiger partial charge in [-0.1, -0.05) is 31.4 Å². The molecule has 0 N–H and O–H groups in total. The number of nitrogens with zero attached hydrogens (tertiary/aromatic N) is 3. The molecule has 1 aliphatic carbocycles. The van der Waals surface area contributed by atoms with Crippen molar-refractivity contribution in [1.29, 1.82) is 0 Å². The van der Waals surface area contributed by atoms with E-state index in [1.165, 1.54) is 54.5 Å². The van der Waals surface area contributed by atoms with E-state index in [-0.39, 0.29) is 5.91 Å². The van der Waals surface area contributed by atoms with Crippen LogP contribution in [0.1, 0.15) is 65.1 Å². The quantitative estimate of drug-likeness (QED) is 0.681. The molecule has 5 heteroatoms. The van der Waals surface area contributed by atoms with Crippen molar-refractivity contribution in [2.75, 3.05) is 51.8 Å². The summed E-state index contributed by atoms with van der Waals surface area (Å²) < 4.78 is 5.69. The standard InChI is InChI=1S/C28H37N3O2/c1-29-16-18-30(19-17-29)26-12-13-27(33-2)24-14-15-31(20-25(24)26)28(32)23-10-8-22(9-11-23)21-6-4-3-5-7-21/h8-13,21H,3-7,14-20H2,1-2H3. The minimum atomic E-state index is 0.142. The predicted molar refractivity (Wildman–Crippen MR) is 133 cm³/mol. The van der Waals surface area contributed by atoms with Gasteiger partial charge in [-0.3, -0.25) is 4.79 Å². The van der Waals surface area contributed by atoms with E-state index < -0.39 is 0 Å². The van der Waals surface area contributed by atoms with Crippen LogP contribution in [0, 0.1) is 0 Å². The molecule has 0 aromatic heterocycles. The molecule has 1 amide bonds. The van der Waals surface area contributed by atoms with Gasteiger partial charge in [0.05, 0.1) is 7.11 Å². The van der Waals surface area contributed by atoms with Gasteiger partial charge in [-0.15, -0.1) is 0 Å². The molecule has 2 fully saturated rings. The van der Waals surface area contributed by atoms with Crippen LogP contribution < -0.4 is 9.64 Å². The van der Waals surface area contributed by atoms with Gasteiger partial charge >= 0.3 is 0 Å². The molecule has 2 aromatic carbocycles. The summed E-state index contributed by atoms with van der Waals surface area (Å²) in [5, 5.41) is 0. The lowest BCUT2D eigenvalue weighted by molar-refractivity contribution is 0.0734. The SMILES string of the molecule is COc1ccc(N2CCN(C)CC2)c2c1CCN(C(=O)c1ccc(C3CCCCC3)cc1)C2. The molecule has 0 atom stereocenters. The molecule has 0 unspecified atom stereocenters. The van der Waals surface area contributed by atoms with Gasteiger partial charge in [0, 0.05) is 61.6 Å². The summed E-state index contributed by atoms with van der Waals surface area (Å²) in [5.74, 6) is 1.76. The number of benzene rings is 2. The predicted octanol–water partition coefficient (Wildman–Crippen LogP) is 4.69. The zero-order valence-corrected chi connectivity index (χ0v) is 20.2. The average molecular weight is 448 g/mol. The third kappa shape index (κ3) is 4.61. The van der Waals surface area contributed by atoms with Crippen LogP contribution in [0.25, 0.3) is 0 Å². The first kappa shape index (κ1) is 22.3. The second-order valence-electron chi connectivity index (χ2n) is 9.97. The van der Waals surface area contributed by atoms with E-state index in [0.29, 0.717) is 12.5 Å².